The Labute approximate surface area is 163 Å². The summed E-state index contributed by atoms with van der Waals surface area (Å²) in [5, 5.41) is 9.51. The van der Waals surface area contributed by atoms with Crippen LogP contribution >= 0.6 is 11.3 Å². The van der Waals surface area contributed by atoms with Gasteiger partial charge in [0, 0.05) is 12.6 Å². The van der Waals surface area contributed by atoms with Crippen molar-refractivity contribution in [2.45, 2.75) is 6.92 Å². The fraction of sp³-hybridized carbons (Fsp3) is 0.111. The molecule has 0 aliphatic carbocycles. The molecule has 144 valence electrons. The van der Waals surface area contributed by atoms with E-state index in [4.69, 9.17) is 9.15 Å². The molecule has 3 N–H and O–H groups in total. The minimum Gasteiger partial charge on any atom is -0.495 e. The average Bonchev–Trinajstić information content (AvgIpc) is 3.33. The minimum absolute atomic E-state index is 0.0338. The molecule has 2 heterocycles. The molecule has 0 saturated heterocycles. The van der Waals surface area contributed by atoms with Gasteiger partial charge >= 0.3 is 6.01 Å². The molecule has 3 aromatic rings. The number of oxazole rings is 1. The zero-order chi connectivity index (χ0) is 20.1. The summed E-state index contributed by atoms with van der Waals surface area (Å²) in [5.41, 5.74) is 0.798. The number of hydrogen-bond acceptors (Lipinski definition) is 7. The lowest BCUT2D eigenvalue weighted by atomic mass is 10.2. The van der Waals surface area contributed by atoms with E-state index in [0.717, 1.165) is 6.26 Å². The van der Waals surface area contributed by atoms with E-state index in [0.29, 0.717) is 22.0 Å². The summed E-state index contributed by atoms with van der Waals surface area (Å²) in [7, 11) is 1.46. The van der Waals surface area contributed by atoms with E-state index in [2.05, 4.69) is 20.9 Å². The molecular formula is C18H16N4O5S. The molecule has 0 saturated carbocycles. The first-order valence-electron chi connectivity index (χ1n) is 8.03. The number of amides is 3. The van der Waals surface area contributed by atoms with Crippen molar-refractivity contribution in [1.29, 1.82) is 0 Å². The molecule has 0 aliphatic rings. The summed E-state index contributed by atoms with van der Waals surface area (Å²) in [6.45, 7) is 1.38. The average molecular weight is 400 g/mol. The molecule has 10 heteroatoms. The molecule has 9 nitrogen and oxygen atoms in total. The highest BCUT2D eigenvalue weighted by Gasteiger charge is 2.17. The van der Waals surface area contributed by atoms with Gasteiger partial charge in [-0.1, -0.05) is 6.07 Å². The topological polar surface area (TPSA) is 123 Å². The van der Waals surface area contributed by atoms with Gasteiger partial charge in [0.1, 0.15) is 12.0 Å². The fourth-order valence-corrected chi connectivity index (χ4v) is 2.89. The molecule has 0 radical (unpaired) electrons. The monoisotopic (exact) mass is 400 g/mol. The maximum atomic E-state index is 12.5. The second-order valence-corrected chi connectivity index (χ2v) is 6.47. The number of aromatic nitrogens is 1. The van der Waals surface area contributed by atoms with Crippen molar-refractivity contribution in [3.05, 3.63) is 52.5 Å². The van der Waals surface area contributed by atoms with E-state index in [-0.39, 0.29) is 23.5 Å². The van der Waals surface area contributed by atoms with Crippen LogP contribution in [0.1, 0.15) is 27.1 Å². The first-order chi connectivity index (χ1) is 13.5. The number of nitrogens with zero attached hydrogens (tertiary/aromatic N) is 1. The Balaban J connectivity index is 1.72. The van der Waals surface area contributed by atoms with Gasteiger partial charge in [-0.3, -0.25) is 19.7 Å². The first-order valence-corrected chi connectivity index (χ1v) is 8.91. The number of ether oxygens (including phenoxy) is 1. The second-order valence-electron chi connectivity index (χ2n) is 5.52. The van der Waals surface area contributed by atoms with Crippen molar-refractivity contribution in [2.24, 2.45) is 0 Å². The maximum Gasteiger partial charge on any atom is 0.302 e. The van der Waals surface area contributed by atoms with E-state index in [9.17, 15) is 14.4 Å². The number of benzene rings is 1. The Kier molecular flexibility index (Phi) is 5.70. The number of methoxy groups -OCH3 is 1. The second kappa shape index (κ2) is 8.35. The van der Waals surface area contributed by atoms with Gasteiger partial charge < -0.3 is 19.8 Å². The zero-order valence-electron chi connectivity index (χ0n) is 14.9. The molecule has 3 rings (SSSR count). The molecule has 0 unspecified atom stereocenters. The van der Waals surface area contributed by atoms with Crippen molar-refractivity contribution in [3.63, 3.8) is 0 Å². The summed E-state index contributed by atoms with van der Waals surface area (Å²) in [5.74, 6) is -0.797. The van der Waals surface area contributed by atoms with Gasteiger partial charge in [0.05, 0.1) is 17.7 Å². The van der Waals surface area contributed by atoms with E-state index in [1.807, 2.05) is 0 Å². The molecular weight excluding hydrogens is 384 g/mol. The zero-order valence-corrected chi connectivity index (χ0v) is 15.8. The number of hydrogen-bond donors (Lipinski definition) is 3. The largest absolute Gasteiger partial charge is 0.495 e. The maximum absolute atomic E-state index is 12.5. The predicted molar refractivity (Wildman–Crippen MR) is 104 cm³/mol. The SMILES string of the molecule is COc1ccc(NC(C)=O)cc1NC(=O)c1coc(NC(=O)c2cccs2)n1. The van der Waals surface area contributed by atoms with Crippen molar-refractivity contribution in [3.8, 4) is 5.75 Å². The standard InChI is InChI=1S/C18H16N4O5S/c1-10(23)19-11-5-6-14(26-2)12(8-11)20-16(24)13-9-27-18(21-13)22-17(25)15-4-3-7-28-15/h3-9H,1-2H3,(H,19,23)(H,20,24)(H,21,22,25). The molecule has 3 amide bonds. The number of carbonyl (C=O) groups excluding carboxylic acids is 3. The van der Waals surface area contributed by atoms with E-state index >= 15 is 0 Å². The lowest BCUT2D eigenvalue weighted by molar-refractivity contribution is -0.114. The van der Waals surface area contributed by atoms with Crippen LogP contribution in [0.2, 0.25) is 0 Å². The Morgan fingerprint density at radius 1 is 1.11 bits per heavy atom. The fourth-order valence-electron chi connectivity index (χ4n) is 2.27. The van der Waals surface area contributed by atoms with Crippen LogP contribution in [0.4, 0.5) is 17.4 Å². The highest BCUT2D eigenvalue weighted by atomic mass is 32.1. The van der Waals surface area contributed by atoms with Crippen LogP contribution in [0.5, 0.6) is 5.75 Å². The van der Waals surface area contributed by atoms with Crippen molar-refractivity contribution in [1.82, 2.24) is 4.98 Å². The van der Waals surface area contributed by atoms with Gasteiger partial charge in [0.25, 0.3) is 11.8 Å². The quantitative estimate of drug-likeness (QED) is 0.584. The highest BCUT2D eigenvalue weighted by molar-refractivity contribution is 7.12. The normalized spacial score (nSPS) is 10.2. The third-order valence-electron chi connectivity index (χ3n) is 3.47. The minimum atomic E-state index is -0.571. The molecule has 0 fully saturated rings. The predicted octanol–water partition coefficient (Wildman–Crippen LogP) is 3.21. The van der Waals surface area contributed by atoms with Gasteiger partial charge in [-0.05, 0) is 29.6 Å². The molecule has 28 heavy (non-hydrogen) atoms. The summed E-state index contributed by atoms with van der Waals surface area (Å²) in [6, 6.07) is 8.11. The lowest BCUT2D eigenvalue weighted by Gasteiger charge is -2.11. The van der Waals surface area contributed by atoms with Crippen LogP contribution in [0, 0.1) is 0 Å². The van der Waals surface area contributed by atoms with Crippen LogP contribution in [0.25, 0.3) is 0 Å². The van der Waals surface area contributed by atoms with Gasteiger partial charge in [0.2, 0.25) is 5.91 Å². The third kappa shape index (κ3) is 4.54. The smallest absolute Gasteiger partial charge is 0.302 e. The number of thiophene rings is 1. The Hall–Kier alpha value is -3.66. The number of anilines is 3. The van der Waals surface area contributed by atoms with Gasteiger partial charge in [-0.15, -0.1) is 11.3 Å². The van der Waals surface area contributed by atoms with E-state index < -0.39 is 5.91 Å². The van der Waals surface area contributed by atoms with Crippen LogP contribution in [-0.2, 0) is 4.79 Å². The molecule has 0 aliphatic heterocycles. The van der Waals surface area contributed by atoms with Crippen LogP contribution in [-0.4, -0.2) is 29.8 Å². The highest BCUT2D eigenvalue weighted by Crippen LogP contribution is 2.28. The molecule has 0 bridgehead atoms. The summed E-state index contributed by atoms with van der Waals surface area (Å²) >= 11 is 1.27. The molecule has 2 aromatic heterocycles. The summed E-state index contributed by atoms with van der Waals surface area (Å²) in [4.78, 5) is 40.1. The number of nitrogens with one attached hydrogen (secondary N) is 3. The summed E-state index contributed by atoms with van der Waals surface area (Å²) in [6.07, 6.45) is 1.13. The van der Waals surface area contributed by atoms with Crippen LogP contribution in [0.3, 0.4) is 0 Å². The van der Waals surface area contributed by atoms with Gasteiger partial charge in [-0.25, -0.2) is 0 Å². The van der Waals surface area contributed by atoms with Crippen molar-refractivity contribution < 1.29 is 23.5 Å². The molecule has 1 aromatic carbocycles. The van der Waals surface area contributed by atoms with Crippen LogP contribution < -0.4 is 20.7 Å². The Morgan fingerprint density at radius 2 is 1.93 bits per heavy atom. The van der Waals surface area contributed by atoms with Crippen molar-refractivity contribution in [2.75, 3.05) is 23.1 Å². The van der Waals surface area contributed by atoms with E-state index in [1.54, 1.807) is 35.7 Å². The Bertz CT molecular complexity index is 1010. The Morgan fingerprint density at radius 3 is 2.61 bits per heavy atom. The molecule has 0 spiro atoms. The third-order valence-corrected chi connectivity index (χ3v) is 4.34. The first kappa shape index (κ1) is 19.1. The number of rotatable bonds is 6. The van der Waals surface area contributed by atoms with Crippen LogP contribution in [0.15, 0.2) is 46.4 Å². The number of carbonyl (C=O) groups is 3. The summed E-state index contributed by atoms with van der Waals surface area (Å²) < 4.78 is 10.4. The molecule has 0 atom stereocenters. The van der Waals surface area contributed by atoms with Gasteiger partial charge in [0.15, 0.2) is 5.69 Å². The van der Waals surface area contributed by atoms with Crippen molar-refractivity contribution >= 4 is 46.4 Å². The van der Waals surface area contributed by atoms with E-state index in [1.165, 1.54) is 25.4 Å². The van der Waals surface area contributed by atoms with Gasteiger partial charge in [-0.2, -0.15) is 4.98 Å². The lowest BCUT2D eigenvalue weighted by Crippen LogP contribution is -2.15.